The predicted octanol–water partition coefficient (Wildman–Crippen LogP) is 4.78. The molecule has 0 atom stereocenters. The van der Waals surface area contributed by atoms with E-state index in [0.717, 1.165) is 23.5 Å². The van der Waals surface area contributed by atoms with E-state index in [1.54, 1.807) is 19.9 Å². The smallest absolute Gasteiger partial charge is 0.266 e. The molecule has 4 aromatic rings. The van der Waals surface area contributed by atoms with Gasteiger partial charge in [0.15, 0.2) is 5.82 Å². The third-order valence-corrected chi connectivity index (χ3v) is 6.07. The number of aryl methyl sites for hydroxylation is 2. The third-order valence-electron chi connectivity index (χ3n) is 4.60. The minimum Gasteiger partial charge on any atom is -0.319 e. The van der Waals surface area contributed by atoms with Crippen molar-refractivity contribution in [3.63, 3.8) is 0 Å². The molecule has 2 heterocycles. The number of carbonyl (C=O) groups excluding carboxylic acids is 2. The Bertz CT molecular complexity index is 1390. The minimum atomic E-state index is -0.633. The highest BCUT2D eigenvalue weighted by atomic mass is 35.5. The molecular weight excluding hydrogens is 474 g/mol. The van der Waals surface area contributed by atoms with Gasteiger partial charge in [-0.25, -0.2) is 8.78 Å². The second-order valence-corrected chi connectivity index (χ2v) is 8.42. The van der Waals surface area contributed by atoms with E-state index >= 15 is 0 Å². The summed E-state index contributed by atoms with van der Waals surface area (Å²) in [5, 5.41) is 16.7. The average Bonchev–Trinajstić information content (AvgIpc) is 3.34. The highest BCUT2D eigenvalue weighted by Gasteiger charge is 2.19. The zero-order valence-corrected chi connectivity index (χ0v) is 18.8. The van der Waals surface area contributed by atoms with Crippen molar-refractivity contribution < 1.29 is 18.4 Å². The zero-order valence-electron chi connectivity index (χ0n) is 17.2. The lowest BCUT2D eigenvalue weighted by Gasteiger charge is -2.09. The Hall–Kier alpha value is -3.70. The summed E-state index contributed by atoms with van der Waals surface area (Å²) in [6.45, 7) is 3.37. The Morgan fingerprint density at radius 1 is 1.03 bits per heavy atom. The van der Waals surface area contributed by atoms with Crippen LogP contribution in [0.2, 0.25) is 5.02 Å². The van der Waals surface area contributed by atoms with E-state index in [4.69, 9.17) is 11.6 Å². The summed E-state index contributed by atoms with van der Waals surface area (Å²) in [4.78, 5) is 25.6. The molecule has 0 saturated carbocycles. The largest absolute Gasteiger partial charge is 0.319 e. The van der Waals surface area contributed by atoms with Crippen LogP contribution in [0.3, 0.4) is 0 Å². The first-order valence-electron chi connectivity index (χ1n) is 9.46. The number of benzene rings is 2. The second-order valence-electron chi connectivity index (χ2n) is 6.96. The molecule has 2 aromatic heterocycles. The van der Waals surface area contributed by atoms with Crippen molar-refractivity contribution in [3.8, 4) is 5.69 Å². The van der Waals surface area contributed by atoms with Gasteiger partial charge in [0.05, 0.1) is 31.8 Å². The summed E-state index contributed by atoms with van der Waals surface area (Å²) in [6, 6.07) is 9.13. The lowest BCUT2D eigenvalue weighted by molar-refractivity contribution is 0.102. The van der Waals surface area contributed by atoms with Crippen molar-refractivity contribution >= 4 is 45.4 Å². The molecule has 2 aromatic carbocycles. The van der Waals surface area contributed by atoms with Crippen molar-refractivity contribution in [1.29, 1.82) is 0 Å². The maximum Gasteiger partial charge on any atom is 0.266 e. The molecule has 0 bridgehead atoms. The number of amides is 2. The van der Waals surface area contributed by atoms with Crippen molar-refractivity contribution in [2.75, 3.05) is 10.6 Å². The van der Waals surface area contributed by atoms with Gasteiger partial charge in [-0.2, -0.15) is 4.68 Å². The second kappa shape index (κ2) is 9.04. The Labute approximate surface area is 195 Å². The fourth-order valence-corrected chi connectivity index (χ4v) is 4.23. The van der Waals surface area contributed by atoms with Gasteiger partial charge >= 0.3 is 0 Å². The molecule has 168 valence electrons. The minimum absolute atomic E-state index is 0.0353. The van der Waals surface area contributed by atoms with Gasteiger partial charge in [-0.15, -0.1) is 16.4 Å². The molecule has 0 aliphatic rings. The van der Waals surface area contributed by atoms with Crippen LogP contribution in [0.15, 0.2) is 42.5 Å². The Kier molecular flexibility index (Phi) is 6.16. The van der Waals surface area contributed by atoms with Crippen LogP contribution < -0.4 is 10.6 Å². The summed E-state index contributed by atoms with van der Waals surface area (Å²) in [5.41, 5.74) is 1.09. The van der Waals surface area contributed by atoms with E-state index in [1.807, 2.05) is 0 Å². The number of nitrogens with one attached hydrogen (secondary N) is 2. The quantitative estimate of drug-likeness (QED) is 0.421. The van der Waals surface area contributed by atoms with Crippen LogP contribution in [0.1, 0.15) is 31.4 Å². The van der Waals surface area contributed by atoms with Crippen LogP contribution >= 0.6 is 22.9 Å². The summed E-state index contributed by atoms with van der Waals surface area (Å²) >= 11 is 6.94. The molecule has 0 aliphatic heterocycles. The number of anilines is 2. The summed E-state index contributed by atoms with van der Waals surface area (Å²) in [7, 11) is 0. The van der Waals surface area contributed by atoms with Crippen molar-refractivity contribution in [2.24, 2.45) is 0 Å². The van der Waals surface area contributed by atoms with Crippen molar-refractivity contribution in [2.45, 2.75) is 13.8 Å². The van der Waals surface area contributed by atoms with Crippen LogP contribution in [-0.2, 0) is 0 Å². The Balaban J connectivity index is 1.53. The summed E-state index contributed by atoms with van der Waals surface area (Å²) < 4.78 is 29.0. The number of carbonyl (C=O) groups is 2. The van der Waals surface area contributed by atoms with E-state index in [1.165, 1.54) is 28.9 Å². The molecule has 2 amide bonds. The Morgan fingerprint density at radius 3 is 2.52 bits per heavy atom. The van der Waals surface area contributed by atoms with Crippen LogP contribution in [0.25, 0.3) is 5.69 Å². The number of hydrogen-bond acceptors (Lipinski definition) is 6. The van der Waals surface area contributed by atoms with Gasteiger partial charge in [0.2, 0.25) is 0 Å². The van der Waals surface area contributed by atoms with Gasteiger partial charge in [0.1, 0.15) is 11.6 Å². The highest BCUT2D eigenvalue weighted by Crippen LogP contribution is 2.29. The van der Waals surface area contributed by atoms with E-state index in [0.29, 0.717) is 22.1 Å². The van der Waals surface area contributed by atoms with Crippen LogP contribution in [0.5, 0.6) is 0 Å². The van der Waals surface area contributed by atoms with Crippen LogP contribution in [-0.4, -0.2) is 32.0 Å². The number of aromatic nitrogens is 4. The van der Waals surface area contributed by atoms with E-state index < -0.39 is 23.4 Å². The lowest BCUT2D eigenvalue weighted by Crippen LogP contribution is -2.13. The van der Waals surface area contributed by atoms with E-state index in [9.17, 15) is 18.4 Å². The molecule has 0 aliphatic carbocycles. The number of rotatable bonds is 5. The molecule has 0 fully saturated rings. The number of thiophene rings is 1. The standard InChI is InChI=1S/C21H15ClF2N6O2S/c1-10-7-18(26-20(31)14-5-3-12(23)8-15(14)22)33-19(10)21(32)25-17-9-13(4-6-16(17)24)30-11(2)27-28-29-30/h3-9H,1-2H3,(H,25,32)(H,26,31). The summed E-state index contributed by atoms with van der Waals surface area (Å²) in [6.07, 6.45) is 0. The molecule has 0 spiro atoms. The molecule has 0 saturated heterocycles. The fraction of sp³-hybridized carbons (Fsp3) is 0.0952. The number of nitrogens with zero attached hydrogens (tertiary/aromatic N) is 4. The molecule has 8 nitrogen and oxygen atoms in total. The average molecular weight is 489 g/mol. The summed E-state index contributed by atoms with van der Waals surface area (Å²) in [5.74, 6) is -1.80. The van der Waals surface area contributed by atoms with Gasteiger partial charge in [-0.3, -0.25) is 9.59 Å². The predicted molar refractivity (Wildman–Crippen MR) is 120 cm³/mol. The number of hydrogen-bond donors (Lipinski definition) is 2. The first kappa shape index (κ1) is 22.5. The molecule has 0 radical (unpaired) electrons. The topological polar surface area (TPSA) is 102 Å². The van der Waals surface area contributed by atoms with Crippen molar-refractivity contribution in [1.82, 2.24) is 20.2 Å². The third kappa shape index (κ3) is 4.73. The van der Waals surface area contributed by atoms with Gasteiger partial charge in [-0.05, 0) is 72.3 Å². The molecule has 12 heteroatoms. The van der Waals surface area contributed by atoms with E-state index in [-0.39, 0.29) is 21.2 Å². The first-order valence-corrected chi connectivity index (χ1v) is 10.7. The number of halogens is 3. The van der Waals surface area contributed by atoms with Crippen LogP contribution in [0.4, 0.5) is 19.5 Å². The molecular formula is C21H15ClF2N6O2S. The molecule has 2 N–H and O–H groups in total. The zero-order chi connectivity index (χ0) is 23.7. The SMILES string of the molecule is Cc1cc(NC(=O)c2ccc(F)cc2Cl)sc1C(=O)Nc1cc(-n2nnnc2C)ccc1F. The highest BCUT2D eigenvalue weighted by molar-refractivity contribution is 7.18. The Morgan fingerprint density at radius 2 is 1.82 bits per heavy atom. The van der Waals surface area contributed by atoms with Gasteiger partial charge in [-0.1, -0.05) is 11.6 Å². The number of tetrazole rings is 1. The van der Waals surface area contributed by atoms with Gasteiger partial charge < -0.3 is 10.6 Å². The monoisotopic (exact) mass is 488 g/mol. The fourth-order valence-electron chi connectivity index (χ4n) is 3.01. The maximum atomic E-state index is 14.4. The van der Waals surface area contributed by atoms with Gasteiger partial charge in [0.25, 0.3) is 11.8 Å². The molecule has 33 heavy (non-hydrogen) atoms. The van der Waals surface area contributed by atoms with Gasteiger partial charge in [0, 0.05) is 0 Å². The molecule has 0 unspecified atom stereocenters. The maximum absolute atomic E-state index is 14.4. The molecule has 4 rings (SSSR count). The van der Waals surface area contributed by atoms with Crippen LogP contribution in [0, 0.1) is 25.5 Å². The first-order chi connectivity index (χ1) is 15.7. The lowest BCUT2D eigenvalue weighted by atomic mass is 10.2. The van der Waals surface area contributed by atoms with E-state index in [2.05, 4.69) is 26.2 Å². The normalized spacial score (nSPS) is 10.8. The van der Waals surface area contributed by atoms with Crippen molar-refractivity contribution in [3.05, 3.63) is 81.0 Å².